The van der Waals surface area contributed by atoms with Crippen molar-refractivity contribution in [3.63, 3.8) is 0 Å². The second-order valence-corrected chi connectivity index (χ2v) is 7.83. The minimum Gasteiger partial charge on any atom is -0.383 e. The van der Waals surface area contributed by atoms with Crippen molar-refractivity contribution in [2.24, 2.45) is 5.73 Å². The van der Waals surface area contributed by atoms with Crippen LogP contribution in [0.25, 0.3) is 22.3 Å². The number of carbonyl (C=O) groups excluding carboxylic acids is 1. The fourth-order valence-corrected chi connectivity index (χ4v) is 3.96. The molecule has 0 bridgehead atoms. The van der Waals surface area contributed by atoms with E-state index < -0.39 is 0 Å². The Morgan fingerprint density at radius 1 is 1.16 bits per heavy atom. The summed E-state index contributed by atoms with van der Waals surface area (Å²) in [6.45, 7) is 1.94. The molecule has 9 heteroatoms. The molecule has 1 aliphatic carbocycles. The third-order valence-corrected chi connectivity index (χ3v) is 5.66. The maximum Gasteiger partial charge on any atom is 0.256 e. The van der Waals surface area contributed by atoms with Crippen molar-refractivity contribution in [3.8, 4) is 11.3 Å². The van der Waals surface area contributed by atoms with Crippen LogP contribution in [0.4, 0.5) is 11.6 Å². The van der Waals surface area contributed by atoms with Gasteiger partial charge in [-0.2, -0.15) is 5.10 Å². The Morgan fingerprint density at radius 3 is 2.71 bits per heavy atom. The lowest BCUT2D eigenvalue weighted by Crippen LogP contribution is -2.38. The molecule has 156 valence electrons. The number of hydrogen-bond donors (Lipinski definition) is 3. The smallest absolute Gasteiger partial charge is 0.256 e. The number of carbonyl (C=O) groups is 1. The molecule has 1 amide bonds. The molecule has 31 heavy (non-hydrogen) atoms. The van der Waals surface area contributed by atoms with Crippen molar-refractivity contribution < 1.29 is 4.79 Å². The normalized spacial score (nSPS) is 18.0. The van der Waals surface area contributed by atoms with Gasteiger partial charge in [0, 0.05) is 23.4 Å². The van der Waals surface area contributed by atoms with Gasteiger partial charge in [-0.15, -0.1) is 0 Å². The first kappa shape index (κ1) is 19.1. The monoisotopic (exact) mass is 414 g/mol. The Kier molecular flexibility index (Phi) is 4.59. The highest BCUT2D eigenvalue weighted by molar-refractivity contribution is 6.05. The van der Waals surface area contributed by atoms with Gasteiger partial charge in [-0.3, -0.25) is 4.79 Å². The molecule has 0 atom stereocenters. The minimum absolute atomic E-state index is 0.186. The first-order valence-electron chi connectivity index (χ1n) is 10.1. The number of amides is 1. The molecule has 1 aliphatic rings. The summed E-state index contributed by atoms with van der Waals surface area (Å²) in [7, 11) is 0. The van der Waals surface area contributed by atoms with Crippen molar-refractivity contribution in [1.29, 1.82) is 0 Å². The van der Waals surface area contributed by atoms with Crippen molar-refractivity contribution >= 4 is 28.6 Å². The fourth-order valence-electron chi connectivity index (χ4n) is 3.96. The number of fused-ring (bicyclic) bond motifs is 1. The van der Waals surface area contributed by atoms with Gasteiger partial charge < -0.3 is 16.8 Å². The zero-order chi connectivity index (χ0) is 21.5. The van der Waals surface area contributed by atoms with Crippen LogP contribution in [-0.4, -0.2) is 36.7 Å². The van der Waals surface area contributed by atoms with E-state index in [0.29, 0.717) is 28.5 Å². The van der Waals surface area contributed by atoms with Crippen molar-refractivity contribution in [2.45, 2.75) is 31.8 Å². The molecule has 9 nitrogen and oxygen atoms in total. The van der Waals surface area contributed by atoms with Crippen LogP contribution in [0.5, 0.6) is 0 Å². The quantitative estimate of drug-likeness (QED) is 0.467. The lowest BCUT2D eigenvalue weighted by atomic mass is 9.88. The van der Waals surface area contributed by atoms with Gasteiger partial charge in [0.05, 0.1) is 11.4 Å². The van der Waals surface area contributed by atoms with Crippen LogP contribution in [0.2, 0.25) is 0 Å². The third-order valence-electron chi connectivity index (χ3n) is 5.66. The van der Waals surface area contributed by atoms with Crippen LogP contribution >= 0.6 is 0 Å². The van der Waals surface area contributed by atoms with E-state index in [1.165, 1.54) is 6.33 Å². The zero-order valence-corrected chi connectivity index (χ0v) is 17.0. The second-order valence-electron chi connectivity index (χ2n) is 7.83. The standard InChI is InChI=1S/C22H22N8O/c1-12-8-13(22(31)28-17-4-2-3-7-25-17)5-6-16(12)19-18-20(24)26-11-27-21(18)30(29-19)15-9-14(23)10-15/h2-8,11,14-15H,9-10,23H2,1H3,(H2,24,26,27)(H,25,28,31)/t14-,15+. The Balaban J connectivity index is 1.53. The lowest BCUT2D eigenvalue weighted by Gasteiger charge is -2.32. The molecule has 1 aromatic carbocycles. The van der Waals surface area contributed by atoms with Crippen LogP contribution in [0.1, 0.15) is 34.8 Å². The van der Waals surface area contributed by atoms with Crippen LogP contribution < -0.4 is 16.8 Å². The van der Waals surface area contributed by atoms with E-state index in [2.05, 4.69) is 20.3 Å². The Hall–Kier alpha value is -3.85. The lowest BCUT2D eigenvalue weighted by molar-refractivity contribution is 0.102. The van der Waals surface area contributed by atoms with E-state index in [1.807, 2.05) is 29.8 Å². The molecule has 0 aliphatic heterocycles. The summed E-state index contributed by atoms with van der Waals surface area (Å²) in [5.41, 5.74) is 15.9. The topological polar surface area (TPSA) is 138 Å². The molecule has 3 heterocycles. The highest BCUT2D eigenvalue weighted by Crippen LogP contribution is 2.38. The highest BCUT2D eigenvalue weighted by Gasteiger charge is 2.31. The molecule has 5 rings (SSSR count). The fraction of sp³-hybridized carbons (Fsp3) is 0.227. The van der Waals surface area contributed by atoms with Gasteiger partial charge in [0.25, 0.3) is 5.91 Å². The first-order valence-corrected chi connectivity index (χ1v) is 10.1. The predicted octanol–water partition coefficient (Wildman–Crippen LogP) is 2.69. The number of nitrogen functional groups attached to an aromatic ring is 1. The Labute approximate surface area is 178 Å². The van der Waals surface area contributed by atoms with E-state index in [1.54, 1.807) is 24.4 Å². The molecule has 0 saturated heterocycles. The minimum atomic E-state index is -0.227. The molecule has 0 unspecified atom stereocenters. The zero-order valence-electron chi connectivity index (χ0n) is 17.0. The van der Waals surface area contributed by atoms with Crippen LogP contribution in [0.15, 0.2) is 48.9 Å². The molecular weight excluding hydrogens is 392 g/mol. The summed E-state index contributed by atoms with van der Waals surface area (Å²) < 4.78 is 1.91. The molecule has 0 radical (unpaired) electrons. The van der Waals surface area contributed by atoms with E-state index in [-0.39, 0.29) is 18.0 Å². The van der Waals surface area contributed by atoms with Gasteiger partial charge in [-0.05, 0) is 49.6 Å². The third kappa shape index (κ3) is 3.38. The van der Waals surface area contributed by atoms with Crippen LogP contribution in [-0.2, 0) is 0 Å². The van der Waals surface area contributed by atoms with E-state index in [9.17, 15) is 4.79 Å². The van der Waals surface area contributed by atoms with Crippen molar-refractivity contribution in [2.75, 3.05) is 11.1 Å². The summed E-state index contributed by atoms with van der Waals surface area (Å²) in [4.78, 5) is 25.4. The van der Waals surface area contributed by atoms with Crippen molar-refractivity contribution in [1.82, 2.24) is 24.7 Å². The summed E-state index contributed by atoms with van der Waals surface area (Å²) in [5.74, 6) is 0.656. The number of aromatic nitrogens is 5. The first-order chi connectivity index (χ1) is 15.0. The number of anilines is 2. The maximum atomic E-state index is 12.6. The number of nitrogens with two attached hydrogens (primary N) is 2. The number of pyridine rings is 1. The molecular formula is C22H22N8O. The highest BCUT2D eigenvalue weighted by atomic mass is 16.1. The predicted molar refractivity (Wildman–Crippen MR) is 118 cm³/mol. The molecule has 5 N–H and O–H groups in total. The van der Waals surface area contributed by atoms with Crippen molar-refractivity contribution in [3.05, 3.63) is 60.0 Å². The summed E-state index contributed by atoms with van der Waals surface area (Å²) in [5, 5.41) is 8.37. The Bertz CT molecular complexity index is 1280. The van der Waals surface area contributed by atoms with Gasteiger partial charge in [0.15, 0.2) is 5.65 Å². The van der Waals surface area contributed by atoms with E-state index in [4.69, 9.17) is 16.6 Å². The average Bonchev–Trinajstić information content (AvgIpc) is 3.12. The number of nitrogens with zero attached hydrogens (tertiary/aromatic N) is 5. The molecule has 1 fully saturated rings. The summed E-state index contributed by atoms with van der Waals surface area (Å²) >= 11 is 0. The average molecular weight is 414 g/mol. The SMILES string of the molecule is Cc1cc(C(=O)Nc2ccccn2)ccc1-c1nn([C@H]2C[C@@H](N)C2)c2ncnc(N)c12. The summed E-state index contributed by atoms with van der Waals surface area (Å²) in [6, 6.07) is 11.2. The number of rotatable bonds is 4. The van der Waals surface area contributed by atoms with E-state index >= 15 is 0 Å². The van der Waals surface area contributed by atoms with E-state index in [0.717, 1.165) is 29.4 Å². The molecule has 3 aromatic heterocycles. The van der Waals surface area contributed by atoms with Gasteiger partial charge >= 0.3 is 0 Å². The van der Waals surface area contributed by atoms with Crippen LogP contribution in [0.3, 0.4) is 0 Å². The molecule has 4 aromatic rings. The number of benzene rings is 1. The largest absolute Gasteiger partial charge is 0.383 e. The van der Waals surface area contributed by atoms with Gasteiger partial charge in [-0.1, -0.05) is 12.1 Å². The molecule has 1 saturated carbocycles. The number of aryl methyl sites for hydroxylation is 1. The second kappa shape index (κ2) is 7.44. The molecule has 0 spiro atoms. The summed E-state index contributed by atoms with van der Waals surface area (Å²) in [6.07, 6.45) is 4.79. The maximum absolute atomic E-state index is 12.6. The van der Waals surface area contributed by atoms with Crippen LogP contribution in [0, 0.1) is 6.92 Å². The van der Waals surface area contributed by atoms with Gasteiger partial charge in [0.2, 0.25) is 0 Å². The number of hydrogen-bond acceptors (Lipinski definition) is 7. The number of nitrogens with one attached hydrogen (secondary N) is 1. The van der Waals surface area contributed by atoms with Gasteiger partial charge in [0.1, 0.15) is 23.7 Å². The Morgan fingerprint density at radius 2 is 2.00 bits per heavy atom. The van der Waals surface area contributed by atoms with Gasteiger partial charge in [-0.25, -0.2) is 19.6 Å².